The summed E-state index contributed by atoms with van der Waals surface area (Å²) in [6, 6.07) is 3.70. The lowest BCUT2D eigenvalue weighted by Crippen LogP contribution is -2.32. The van der Waals surface area contributed by atoms with Gasteiger partial charge in [0, 0.05) is 12.1 Å². The number of pyridine rings is 1. The zero-order valence-corrected chi connectivity index (χ0v) is 12.6. The van der Waals surface area contributed by atoms with Crippen molar-refractivity contribution in [2.24, 2.45) is 0 Å². The molecule has 0 saturated heterocycles. The van der Waals surface area contributed by atoms with Crippen molar-refractivity contribution in [2.45, 2.75) is 10.2 Å². The molecule has 80 valence electrons. The van der Waals surface area contributed by atoms with Crippen molar-refractivity contribution in [1.29, 1.82) is 0 Å². The largest absolute Gasteiger partial charge is 0.294 e. The highest BCUT2D eigenvalue weighted by Gasteiger charge is 2.47. The highest BCUT2D eigenvalue weighted by Crippen LogP contribution is 2.49. The van der Waals surface area contributed by atoms with Crippen molar-refractivity contribution in [3.8, 4) is 0 Å². The van der Waals surface area contributed by atoms with Gasteiger partial charge < -0.3 is 0 Å². The van der Waals surface area contributed by atoms with Crippen LogP contribution in [0.5, 0.6) is 0 Å². The van der Waals surface area contributed by atoms with Crippen molar-refractivity contribution in [1.82, 2.24) is 4.98 Å². The van der Waals surface area contributed by atoms with Crippen LogP contribution in [0.2, 0.25) is 0 Å². The number of carbonyl (C=O) groups excluding carboxylic acids is 1. The Balaban J connectivity index is 2.65. The van der Waals surface area contributed by atoms with Gasteiger partial charge in [0.2, 0.25) is 0 Å². The normalized spacial score (nSPS) is 18.1. The number of carbonyl (C=O) groups is 1. The zero-order chi connectivity index (χ0) is 11.2. The van der Waals surface area contributed by atoms with Crippen LogP contribution < -0.4 is 4.90 Å². The van der Waals surface area contributed by atoms with Gasteiger partial charge in [0.1, 0.15) is 10.4 Å². The van der Waals surface area contributed by atoms with Gasteiger partial charge in [-0.25, -0.2) is 4.98 Å². The first-order valence-corrected chi connectivity index (χ1v) is 6.73. The van der Waals surface area contributed by atoms with Crippen LogP contribution in [-0.2, 0) is 8.03 Å². The third kappa shape index (κ3) is 1.66. The Morgan fingerprint density at radius 1 is 1.47 bits per heavy atom. The third-order valence-corrected chi connectivity index (χ3v) is 4.24. The smallest absolute Gasteiger partial charge is 0.260 e. The van der Waals surface area contributed by atoms with Crippen molar-refractivity contribution in [2.75, 3.05) is 11.4 Å². The molecule has 0 unspecified atom stereocenters. The number of aromatic nitrogens is 1. The summed E-state index contributed by atoms with van der Waals surface area (Å²) in [4.78, 5) is 18.0. The molecule has 0 N–H and O–H groups in total. The molecule has 1 aromatic heterocycles. The van der Waals surface area contributed by atoms with Gasteiger partial charge in [0.15, 0.2) is 3.23 Å². The number of anilines is 1. The molecule has 15 heavy (non-hydrogen) atoms. The SMILES string of the molecule is CCN1C(=O)C(Br)(Br)c2ccc(Br)nc21. The Bertz CT molecular complexity index is 433. The number of fused-ring (bicyclic) bond motifs is 1. The van der Waals surface area contributed by atoms with E-state index in [0.29, 0.717) is 12.4 Å². The summed E-state index contributed by atoms with van der Waals surface area (Å²) in [5.74, 6) is 0.663. The van der Waals surface area contributed by atoms with E-state index in [1.807, 2.05) is 19.1 Å². The maximum Gasteiger partial charge on any atom is 0.260 e. The number of amides is 1. The topological polar surface area (TPSA) is 33.2 Å². The molecule has 1 aliphatic rings. The van der Waals surface area contributed by atoms with Gasteiger partial charge in [0.05, 0.1) is 0 Å². The fourth-order valence-corrected chi connectivity index (χ4v) is 2.90. The minimum Gasteiger partial charge on any atom is -0.294 e. The van der Waals surface area contributed by atoms with E-state index in [2.05, 4.69) is 52.8 Å². The summed E-state index contributed by atoms with van der Waals surface area (Å²) in [5.41, 5.74) is 0.845. The number of likely N-dealkylation sites (N-methyl/N-ethyl adjacent to an activating group) is 1. The number of alkyl halides is 2. The predicted molar refractivity (Wildman–Crippen MR) is 69.5 cm³/mol. The Labute approximate surface area is 113 Å². The van der Waals surface area contributed by atoms with E-state index in [1.165, 1.54) is 0 Å². The van der Waals surface area contributed by atoms with Crippen molar-refractivity contribution in [3.05, 3.63) is 22.3 Å². The fourth-order valence-electron chi connectivity index (χ4n) is 1.55. The molecule has 2 heterocycles. The molecule has 0 radical (unpaired) electrons. The summed E-state index contributed by atoms with van der Waals surface area (Å²) in [7, 11) is 0. The highest BCUT2D eigenvalue weighted by atomic mass is 79.9. The third-order valence-electron chi connectivity index (χ3n) is 2.27. The van der Waals surface area contributed by atoms with Gasteiger partial charge >= 0.3 is 0 Å². The molecular weight excluding hydrogens is 392 g/mol. The molecule has 0 saturated carbocycles. The van der Waals surface area contributed by atoms with Crippen molar-refractivity contribution >= 4 is 59.5 Å². The van der Waals surface area contributed by atoms with Crippen LogP contribution in [0.1, 0.15) is 12.5 Å². The highest BCUT2D eigenvalue weighted by molar-refractivity contribution is 9.25. The van der Waals surface area contributed by atoms with E-state index >= 15 is 0 Å². The first kappa shape index (κ1) is 11.5. The Hall–Kier alpha value is 0.0600. The second kappa shape index (κ2) is 3.82. The zero-order valence-electron chi connectivity index (χ0n) is 7.80. The summed E-state index contributed by atoms with van der Waals surface area (Å²) >= 11 is 10.1. The first-order chi connectivity index (χ1) is 6.98. The molecule has 0 bridgehead atoms. The fraction of sp³-hybridized carbons (Fsp3) is 0.333. The lowest BCUT2D eigenvalue weighted by molar-refractivity contribution is -0.118. The van der Waals surface area contributed by atoms with Crippen LogP contribution in [0.3, 0.4) is 0 Å². The Kier molecular flexibility index (Phi) is 2.94. The molecule has 1 aliphatic heterocycles. The maximum absolute atomic E-state index is 12.0. The molecule has 0 fully saturated rings. The Morgan fingerprint density at radius 3 is 2.73 bits per heavy atom. The molecule has 0 spiro atoms. The molecule has 0 atom stereocenters. The predicted octanol–water partition coefficient (Wildman–Crippen LogP) is 3.15. The second-order valence-electron chi connectivity index (χ2n) is 3.13. The van der Waals surface area contributed by atoms with E-state index in [0.717, 1.165) is 10.2 Å². The summed E-state index contributed by atoms with van der Waals surface area (Å²) in [6.45, 7) is 2.53. The number of hydrogen-bond donors (Lipinski definition) is 0. The van der Waals surface area contributed by atoms with Gasteiger partial charge in [-0.05, 0) is 35.0 Å². The van der Waals surface area contributed by atoms with Crippen LogP contribution in [0, 0.1) is 0 Å². The molecule has 6 heteroatoms. The summed E-state index contributed by atoms with van der Waals surface area (Å²) < 4.78 is -0.0934. The molecular formula is C9H7Br3N2O. The number of rotatable bonds is 1. The van der Waals surface area contributed by atoms with E-state index in [9.17, 15) is 4.79 Å². The van der Waals surface area contributed by atoms with Gasteiger partial charge in [-0.3, -0.25) is 9.69 Å². The lowest BCUT2D eigenvalue weighted by atomic mass is 10.2. The van der Waals surface area contributed by atoms with E-state index < -0.39 is 3.23 Å². The van der Waals surface area contributed by atoms with Gasteiger partial charge in [-0.1, -0.05) is 31.9 Å². The first-order valence-electron chi connectivity index (χ1n) is 4.35. The van der Waals surface area contributed by atoms with Crippen molar-refractivity contribution < 1.29 is 4.79 Å². The van der Waals surface area contributed by atoms with Crippen molar-refractivity contribution in [3.63, 3.8) is 0 Å². The lowest BCUT2D eigenvalue weighted by Gasteiger charge is -2.14. The van der Waals surface area contributed by atoms with Gasteiger partial charge in [0.25, 0.3) is 5.91 Å². The van der Waals surface area contributed by atoms with Crippen LogP contribution in [0.15, 0.2) is 16.7 Å². The molecule has 3 nitrogen and oxygen atoms in total. The van der Waals surface area contributed by atoms with E-state index in [4.69, 9.17) is 0 Å². The van der Waals surface area contributed by atoms with Gasteiger partial charge in [-0.15, -0.1) is 0 Å². The van der Waals surface area contributed by atoms with Gasteiger partial charge in [-0.2, -0.15) is 0 Å². The van der Waals surface area contributed by atoms with E-state index in [1.54, 1.807) is 4.90 Å². The average molecular weight is 399 g/mol. The molecule has 0 aromatic carbocycles. The second-order valence-corrected chi connectivity index (χ2v) is 7.38. The van der Waals surface area contributed by atoms with Crippen LogP contribution in [0.4, 0.5) is 5.82 Å². The van der Waals surface area contributed by atoms with Crippen LogP contribution >= 0.6 is 47.8 Å². The number of halogens is 3. The summed E-state index contributed by atoms with van der Waals surface area (Å²) in [5, 5.41) is 0. The maximum atomic E-state index is 12.0. The number of nitrogens with zero attached hydrogens (tertiary/aromatic N) is 2. The Morgan fingerprint density at radius 2 is 2.13 bits per heavy atom. The quantitative estimate of drug-likeness (QED) is 0.538. The molecule has 0 aliphatic carbocycles. The van der Waals surface area contributed by atoms with Crippen LogP contribution in [0.25, 0.3) is 0 Å². The standard InChI is InChI=1S/C9H7Br3N2O/c1-2-14-7-5(3-4-6(10)13-7)9(11,12)8(14)15/h3-4H,2H2,1H3. The van der Waals surface area contributed by atoms with E-state index in [-0.39, 0.29) is 5.91 Å². The molecule has 2 rings (SSSR count). The molecule has 1 amide bonds. The molecule has 1 aromatic rings. The average Bonchev–Trinajstić information content (AvgIpc) is 2.35. The monoisotopic (exact) mass is 396 g/mol. The minimum absolute atomic E-state index is 0.0365. The van der Waals surface area contributed by atoms with Crippen LogP contribution in [-0.4, -0.2) is 17.4 Å². The summed E-state index contributed by atoms with van der Waals surface area (Å²) in [6.07, 6.45) is 0. The minimum atomic E-state index is -0.820. The number of hydrogen-bond acceptors (Lipinski definition) is 2.